The maximum Gasteiger partial charge on any atom is 0.124 e. The molecule has 25 heavy (non-hydrogen) atoms. The summed E-state index contributed by atoms with van der Waals surface area (Å²) < 4.78 is 2.40. The molecule has 3 heterocycles. The molecule has 4 rings (SSSR count). The Bertz CT molecular complexity index is 713. The molecule has 1 N–H and O–H groups in total. The minimum Gasteiger partial charge on any atom is -0.396 e. The zero-order chi connectivity index (χ0) is 17.2. The Kier molecular flexibility index (Phi) is 5.06. The number of hydrogen-bond acceptors (Lipinski definition) is 4. The summed E-state index contributed by atoms with van der Waals surface area (Å²) in [5.74, 6) is 1.18. The molecule has 5 heteroatoms. The van der Waals surface area contributed by atoms with Gasteiger partial charge < -0.3 is 9.67 Å². The highest BCUT2D eigenvalue weighted by atomic mass is 16.3. The number of fused-ring (bicyclic) bond motifs is 2. The molecule has 2 aliphatic rings. The van der Waals surface area contributed by atoms with Gasteiger partial charge in [0.25, 0.3) is 0 Å². The van der Waals surface area contributed by atoms with Gasteiger partial charge in [0.05, 0.1) is 17.6 Å². The Morgan fingerprint density at radius 1 is 1.24 bits per heavy atom. The molecule has 1 aromatic carbocycles. The first-order valence-electron chi connectivity index (χ1n) is 9.83. The van der Waals surface area contributed by atoms with Crippen molar-refractivity contribution in [1.82, 2.24) is 19.4 Å². The number of para-hydroxylation sites is 2. The summed E-state index contributed by atoms with van der Waals surface area (Å²) in [6.07, 6.45) is 4.60. The van der Waals surface area contributed by atoms with Gasteiger partial charge in [0, 0.05) is 38.3 Å². The van der Waals surface area contributed by atoms with E-state index >= 15 is 0 Å². The summed E-state index contributed by atoms with van der Waals surface area (Å²) >= 11 is 0. The fraction of sp³-hybridized carbons (Fsp3) is 0.650. The number of aliphatic hydroxyl groups is 1. The lowest BCUT2D eigenvalue weighted by Gasteiger charge is -2.43. The molecule has 0 spiro atoms. The van der Waals surface area contributed by atoms with Crippen LogP contribution in [-0.4, -0.2) is 62.8 Å². The van der Waals surface area contributed by atoms with Crippen LogP contribution in [0.5, 0.6) is 0 Å². The van der Waals surface area contributed by atoms with Crippen molar-refractivity contribution >= 4 is 11.0 Å². The second-order valence-corrected chi connectivity index (χ2v) is 7.55. The highest BCUT2D eigenvalue weighted by molar-refractivity contribution is 5.75. The van der Waals surface area contributed by atoms with Gasteiger partial charge in [-0.1, -0.05) is 19.1 Å². The number of imidazole rings is 1. The number of aromatic nitrogens is 2. The third kappa shape index (κ3) is 3.33. The van der Waals surface area contributed by atoms with Crippen LogP contribution in [0, 0.1) is 0 Å². The van der Waals surface area contributed by atoms with Crippen molar-refractivity contribution in [3.05, 3.63) is 30.1 Å². The molecule has 0 radical (unpaired) electrons. The van der Waals surface area contributed by atoms with E-state index in [0.717, 1.165) is 44.5 Å². The molecule has 2 atom stereocenters. The molecular formula is C20H30N4O. The molecule has 2 saturated heterocycles. The number of aliphatic hydroxyl groups excluding tert-OH is 1. The fourth-order valence-electron chi connectivity index (χ4n) is 4.67. The first kappa shape index (κ1) is 17.0. The second-order valence-electron chi connectivity index (χ2n) is 7.55. The maximum absolute atomic E-state index is 9.53. The summed E-state index contributed by atoms with van der Waals surface area (Å²) in [6, 6.07) is 9.60. The van der Waals surface area contributed by atoms with Crippen LogP contribution in [0.4, 0.5) is 0 Å². The van der Waals surface area contributed by atoms with Crippen LogP contribution in [0.1, 0.15) is 38.4 Å². The molecule has 5 nitrogen and oxygen atoms in total. The van der Waals surface area contributed by atoms with E-state index in [0.29, 0.717) is 12.1 Å². The van der Waals surface area contributed by atoms with Crippen molar-refractivity contribution in [1.29, 1.82) is 0 Å². The Morgan fingerprint density at radius 2 is 2.12 bits per heavy atom. The third-order valence-electron chi connectivity index (χ3n) is 5.89. The van der Waals surface area contributed by atoms with Crippen LogP contribution < -0.4 is 0 Å². The van der Waals surface area contributed by atoms with E-state index in [1.165, 1.54) is 30.7 Å². The summed E-state index contributed by atoms with van der Waals surface area (Å²) in [7, 11) is 0. The fourth-order valence-corrected chi connectivity index (χ4v) is 4.67. The highest BCUT2D eigenvalue weighted by Gasteiger charge is 2.36. The average molecular weight is 342 g/mol. The number of hydrogen-bond donors (Lipinski definition) is 1. The minimum absolute atomic E-state index is 0.269. The first-order chi connectivity index (χ1) is 12.3. The summed E-state index contributed by atoms with van der Waals surface area (Å²) in [6.45, 7) is 7.84. The second kappa shape index (κ2) is 7.44. The standard InChI is InChI=1S/C20H30N4O/c1-2-10-24-19-8-4-3-7-18(19)21-20(24)15-23-14-16-6-5-11-22(16)13-17(23)9-12-25/h3-4,7-8,16-17,25H,2,5-6,9-15H2,1H3/t16-,17+/m1/s1. The lowest BCUT2D eigenvalue weighted by atomic mass is 10.0. The van der Waals surface area contributed by atoms with Gasteiger partial charge >= 0.3 is 0 Å². The molecule has 2 fully saturated rings. The smallest absolute Gasteiger partial charge is 0.124 e. The average Bonchev–Trinajstić information content (AvgIpc) is 3.20. The highest BCUT2D eigenvalue weighted by Crippen LogP contribution is 2.28. The predicted octanol–water partition coefficient (Wildman–Crippen LogP) is 2.48. The van der Waals surface area contributed by atoms with Gasteiger partial charge in [0.15, 0.2) is 0 Å². The van der Waals surface area contributed by atoms with Crippen LogP contribution in [-0.2, 0) is 13.1 Å². The Balaban J connectivity index is 1.61. The Hall–Kier alpha value is -1.43. The molecule has 2 aliphatic heterocycles. The van der Waals surface area contributed by atoms with E-state index in [4.69, 9.17) is 4.98 Å². The van der Waals surface area contributed by atoms with Crippen LogP contribution >= 0.6 is 0 Å². The SMILES string of the molecule is CCCn1c(CN2C[C@H]3CCCN3C[C@@H]2CCO)nc2ccccc21. The summed E-state index contributed by atoms with van der Waals surface area (Å²) in [5.41, 5.74) is 2.35. The van der Waals surface area contributed by atoms with Gasteiger partial charge in [-0.25, -0.2) is 4.98 Å². The number of benzene rings is 1. The van der Waals surface area contributed by atoms with Crippen LogP contribution in [0.25, 0.3) is 11.0 Å². The molecule has 0 unspecified atom stereocenters. The molecule has 0 aliphatic carbocycles. The predicted molar refractivity (Wildman–Crippen MR) is 101 cm³/mol. The maximum atomic E-state index is 9.53. The number of rotatable bonds is 6. The summed E-state index contributed by atoms with van der Waals surface area (Å²) in [5, 5.41) is 9.53. The Morgan fingerprint density at radius 3 is 2.96 bits per heavy atom. The summed E-state index contributed by atoms with van der Waals surface area (Å²) in [4.78, 5) is 10.2. The lowest BCUT2D eigenvalue weighted by Crippen LogP contribution is -2.56. The zero-order valence-electron chi connectivity index (χ0n) is 15.3. The monoisotopic (exact) mass is 342 g/mol. The van der Waals surface area contributed by atoms with Gasteiger partial charge in [-0.15, -0.1) is 0 Å². The first-order valence-corrected chi connectivity index (χ1v) is 9.83. The van der Waals surface area contributed by atoms with E-state index in [1.807, 2.05) is 0 Å². The molecule has 0 saturated carbocycles. The van der Waals surface area contributed by atoms with Gasteiger partial charge in [-0.05, 0) is 44.4 Å². The molecular weight excluding hydrogens is 312 g/mol. The Labute approximate surface area is 150 Å². The van der Waals surface area contributed by atoms with Crippen molar-refractivity contribution in [2.24, 2.45) is 0 Å². The normalized spacial score (nSPS) is 24.9. The van der Waals surface area contributed by atoms with E-state index < -0.39 is 0 Å². The molecule has 1 aromatic heterocycles. The number of piperazine rings is 1. The van der Waals surface area contributed by atoms with E-state index in [9.17, 15) is 5.11 Å². The molecule has 136 valence electrons. The largest absolute Gasteiger partial charge is 0.396 e. The van der Waals surface area contributed by atoms with Crippen LogP contribution in [0.15, 0.2) is 24.3 Å². The number of nitrogens with zero attached hydrogens (tertiary/aromatic N) is 4. The molecule has 0 amide bonds. The molecule has 0 bridgehead atoms. The van der Waals surface area contributed by atoms with Crippen molar-refractivity contribution in [3.63, 3.8) is 0 Å². The van der Waals surface area contributed by atoms with Crippen molar-refractivity contribution < 1.29 is 5.11 Å². The van der Waals surface area contributed by atoms with Crippen LogP contribution in [0.2, 0.25) is 0 Å². The topological polar surface area (TPSA) is 44.5 Å². The molecule has 2 aromatic rings. The van der Waals surface area contributed by atoms with E-state index in [2.05, 4.69) is 45.6 Å². The van der Waals surface area contributed by atoms with Gasteiger partial charge in [-0.2, -0.15) is 0 Å². The van der Waals surface area contributed by atoms with Crippen molar-refractivity contribution in [2.75, 3.05) is 26.2 Å². The van der Waals surface area contributed by atoms with Crippen LogP contribution in [0.3, 0.4) is 0 Å². The lowest BCUT2D eigenvalue weighted by molar-refractivity contribution is 0.0311. The zero-order valence-corrected chi connectivity index (χ0v) is 15.3. The van der Waals surface area contributed by atoms with Gasteiger partial charge in [-0.3, -0.25) is 9.80 Å². The van der Waals surface area contributed by atoms with E-state index in [1.54, 1.807) is 0 Å². The van der Waals surface area contributed by atoms with E-state index in [-0.39, 0.29) is 6.61 Å². The quantitative estimate of drug-likeness (QED) is 0.876. The number of aryl methyl sites for hydroxylation is 1. The van der Waals surface area contributed by atoms with Gasteiger partial charge in [0.2, 0.25) is 0 Å². The third-order valence-corrected chi connectivity index (χ3v) is 5.89. The minimum atomic E-state index is 0.269. The van der Waals surface area contributed by atoms with Gasteiger partial charge in [0.1, 0.15) is 5.82 Å². The van der Waals surface area contributed by atoms with Crippen molar-refractivity contribution in [3.8, 4) is 0 Å². The van der Waals surface area contributed by atoms with Crippen molar-refractivity contribution in [2.45, 2.75) is 57.8 Å².